The number of amides is 1. The van der Waals surface area contributed by atoms with Crippen LogP contribution in [0.3, 0.4) is 0 Å². The van der Waals surface area contributed by atoms with E-state index in [1.165, 1.54) is 0 Å². The number of nitrogens with one attached hydrogen (secondary N) is 1. The lowest BCUT2D eigenvalue weighted by atomic mass is 10.3. The minimum Gasteiger partial charge on any atom is -0.352 e. The van der Waals surface area contributed by atoms with Crippen LogP contribution in [0.1, 0.15) is 10.6 Å². The summed E-state index contributed by atoms with van der Waals surface area (Å²) in [7, 11) is 3.42. The van der Waals surface area contributed by atoms with Crippen molar-refractivity contribution >= 4 is 32.9 Å². The zero-order valence-electron chi connectivity index (χ0n) is 8.41. The molecule has 0 fully saturated rings. The highest BCUT2D eigenvalue weighted by atomic mass is 79.9. The van der Waals surface area contributed by atoms with Crippen LogP contribution < -0.4 is 5.32 Å². The molecule has 0 saturated carbocycles. The number of rotatable bonds is 1. The molecule has 0 unspecified atom stereocenters. The molecule has 15 heavy (non-hydrogen) atoms. The highest BCUT2D eigenvalue weighted by molar-refractivity contribution is 9.10. The molecule has 0 aliphatic carbocycles. The molecule has 1 heterocycles. The van der Waals surface area contributed by atoms with Gasteiger partial charge >= 0.3 is 0 Å². The number of aryl methyl sites for hydroxylation is 1. The normalized spacial score (nSPS) is 10.6. The van der Waals surface area contributed by atoms with Gasteiger partial charge in [-0.05, 0) is 18.2 Å². The molecule has 0 aliphatic heterocycles. The third kappa shape index (κ3) is 1.63. The van der Waals surface area contributed by atoms with Crippen molar-refractivity contribution < 1.29 is 4.79 Å². The molecule has 4 nitrogen and oxygen atoms in total. The quantitative estimate of drug-likeness (QED) is 0.855. The lowest BCUT2D eigenvalue weighted by molar-refractivity contribution is 0.0950. The molecule has 1 N–H and O–H groups in total. The second-order valence-corrected chi connectivity index (χ2v) is 4.12. The summed E-state index contributed by atoms with van der Waals surface area (Å²) in [6.45, 7) is 0. The van der Waals surface area contributed by atoms with Gasteiger partial charge in [-0.25, -0.2) is 4.98 Å². The van der Waals surface area contributed by atoms with Crippen LogP contribution in [0.4, 0.5) is 0 Å². The van der Waals surface area contributed by atoms with Crippen LogP contribution in [0.15, 0.2) is 22.7 Å². The second kappa shape index (κ2) is 3.66. The summed E-state index contributed by atoms with van der Waals surface area (Å²) >= 11 is 3.37. The number of hydrogen-bond acceptors (Lipinski definition) is 2. The molecule has 0 atom stereocenters. The van der Waals surface area contributed by atoms with Crippen molar-refractivity contribution in [1.29, 1.82) is 0 Å². The van der Waals surface area contributed by atoms with Gasteiger partial charge in [-0.3, -0.25) is 4.79 Å². The van der Waals surface area contributed by atoms with Gasteiger partial charge in [0.2, 0.25) is 0 Å². The van der Waals surface area contributed by atoms with Crippen LogP contribution in [-0.4, -0.2) is 22.5 Å². The summed E-state index contributed by atoms with van der Waals surface area (Å²) in [5.74, 6) is 0.246. The van der Waals surface area contributed by atoms with Gasteiger partial charge in [0.15, 0.2) is 5.82 Å². The molecular formula is C10H10BrN3O. The minimum absolute atomic E-state index is 0.176. The van der Waals surface area contributed by atoms with Crippen LogP contribution in [0.5, 0.6) is 0 Å². The van der Waals surface area contributed by atoms with E-state index in [1.54, 1.807) is 11.6 Å². The Balaban J connectivity index is 2.69. The average Bonchev–Trinajstić information content (AvgIpc) is 2.54. The third-order valence-electron chi connectivity index (χ3n) is 2.27. The zero-order chi connectivity index (χ0) is 11.0. The Kier molecular flexibility index (Phi) is 2.48. The first-order valence-electron chi connectivity index (χ1n) is 4.47. The van der Waals surface area contributed by atoms with Crippen LogP contribution >= 0.6 is 15.9 Å². The molecule has 2 rings (SSSR count). The van der Waals surface area contributed by atoms with Crippen LogP contribution in [0.25, 0.3) is 11.0 Å². The zero-order valence-corrected chi connectivity index (χ0v) is 10.00. The topological polar surface area (TPSA) is 46.9 Å². The number of halogens is 1. The van der Waals surface area contributed by atoms with Crippen molar-refractivity contribution in [2.24, 2.45) is 7.05 Å². The van der Waals surface area contributed by atoms with E-state index in [-0.39, 0.29) is 5.91 Å². The monoisotopic (exact) mass is 267 g/mol. The molecule has 2 aromatic rings. The highest BCUT2D eigenvalue weighted by Crippen LogP contribution is 2.19. The van der Waals surface area contributed by atoms with Crippen molar-refractivity contribution in [2.75, 3.05) is 7.05 Å². The van der Waals surface area contributed by atoms with Gasteiger partial charge < -0.3 is 9.88 Å². The predicted molar refractivity (Wildman–Crippen MR) is 61.8 cm³/mol. The highest BCUT2D eigenvalue weighted by Gasteiger charge is 2.13. The number of imidazole rings is 1. The summed E-state index contributed by atoms with van der Waals surface area (Å²) in [4.78, 5) is 15.7. The Morgan fingerprint density at radius 1 is 1.53 bits per heavy atom. The SMILES string of the molecule is CNC(=O)c1nc2cc(Br)ccc2n1C. The average molecular weight is 268 g/mol. The van der Waals surface area contributed by atoms with E-state index in [9.17, 15) is 4.79 Å². The van der Waals surface area contributed by atoms with Gasteiger partial charge in [0, 0.05) is 18.6 Å². The first-order chi connectivity index (χ1) is 7.13. The molecule has 1 amide bonds. The van der Waals surface area contributed by atoms with E-state index in [4.69, 9.17) is 0 Å². The third-order valence-corrected chi connectivity index (χ3v) is 2.77. The first kappa shape index (κ1) is 10.2. The molecule has 1 aromatic heterocycles. The number of carbonyl (C=O) groups excluding carboxylic acids is 1. The molecule has 0 saturated heterocycles. The second-order valence-electron chi connectivity index (χ2n) is 3.21. The molecule has 0 bridgehead atoms. The maximum Gasteiger partial charge on any atom is 0.287 e. The van der Waals surface area contributed by atoms with Crippen molar-refractivity contribution in [2.45, 2.75) is 0 Å². The van der Waals surface area contributed by atoms with Crippen LogP contribution in [-0.2, 0) is 7.05 Å². The van der Waals surface area contributed by atoms with E-state index in [0.29, 0.717) is 5.82 Å². The summed E-state index contributed by atoms with van der Waals surface area (Å²) in [6.07, 6.45) is 0. The molecule has 78 valence electrons. The van der Waals surface area contributed by atoms with Gasteiger partial charge in [-0.15, -0.1) is 0 Å². The Labute approximate surface area is 95.4 Å². The van der Waals surface area contributed by atoms with Crippen molar-refractivity contribution in [3.63, 3.8) is 0 Å². The Bertz CT molecular complexity index is 533. The van der Waals surface area contributed by atoms with Gasteiger partial charge in [0.25, 0.3) is 5.91 Å². The van der Waals surface area contributed by atoms with E-state index in [2.05, 4.69) is 26.2 Å². The summed E-state index contributed by atoms with van der Waals surface area (Å²) < 4.78 is 2.73. The van der Waals surface area contributed by atoms with E-state index in [1.807, 2.05) is 25.2 Å². The number of nitrogens with zero attached hydrogens (tertiary/aromatic N) is 2. The number of aromatic nitrogens is 2. The summed E-state index contributed by atoms with van der Waals surface area (Å²) in [5.41, 5.74) is 1.75. The molecule has 0 aliphatic rings. The number of hydrogen-bond donors (Lipinski definition) is 1. The van der Waals surface area contributed by atoms with Crippen LogP contribution in [0.2, 0.25) is 0 Å². The van der Waals surface area contributed by atoms with Crippen LogP contribution in [0, 0.1) is 0 Å². The number of fused-ring (bicyclic) bond motifs is 1. The summed E-state index contributed by atoms with van der Waals surface area (Å²) in [6, 6.07) is 5.75. The molecule has 0 radical (unpaired) electrons. The molecule has 0 spiro atoms. The molecule has 1 aromatic carbocycles. The minimum atomic E-state index is -0.176. The molecule has 5 heteroatoms. The fourth-order valence-corrected chi connectivity index (χ4v) is 1.84. The van der Waals surface area contributed by atoms with Gasteiger partial charge in [-0.2, -0.15) is 0 Å². The van der Waals surface area contributed by atoms with E-state index in [0.717, 1.165) is 15.5 Å². The molecular weight excluding hydrogens is 258 g/mol. The Hall–Kier alpha value is -1.36. The predicted octanol–water partition coefficient (Wildman–Crippen LogP) is 1.70. The Morgan fingerprint density at radius 2 is 2.27 bits per heavy atom. The van der Waals surface area contributed by atoms with E-state index < -0.39 is 0 Å². The standard InChI is InChI=1S/C10H10BrN3O/c1-12-10(15)9-13-7-5-6(11)3-4-8(7)14(9)2/h3-5H,1-2H3,(H,12,15). The van der Waals surface area contributed by atoms with E-state index >= 15 is 0 Å². The first-order valence-corrected chi connectivity index (χ1v) is 5.27. The lowest BCUT2D eigenvalue weighted by Crippen LogP contribution is -2.21. The summed E-state index contributed by atoms with van der Waals surface area (Å²) in [5, 5.41) is 2.56. The fourth-order valence-electron chi connectivity index (χ4n) is 1.49. The van der Waals surface area contributed by atoms with Gasteiger partial charge in [-0.1, -0.05) is 15.9 Å². The maximum absolute atomic E-state index is 11.5. The smallest absolute Gasteiger partial charge is 0.287 e. The van der Waals surface area contributed by atoms with Crippen molar-refractivity contribution in [3.05, 3.63) is 28.5 Å². The van der Waals surface area contributed by atoms with Crippen molar-refractivity contribution in [3.8, 4) is 0 Å². The number of carbonyl (C=O) groups is 1. The lowest BCUT2D eigenvalue weighted by Gasteiger charge is -1.99. The van der Waals surface area contributed by atoms with Gasteiger partial charge in [0.05, 0.1) is 11.0 Å². The number of benzene rings is 1. The largest absolute Gasteiger partial charge is 0.352 e. The maximum atomic E-state index is 11.5. The Morgan fingerprint density at radius 3 is 2.93 bits per heavy atom. The van der Waals surface area contributed by atoms with Crippen molar-refractivity contribution in [1.82, 2.24) is 14.9 Å². The van der Waals surface area contributed by atoms with Gasteiger partial charge in [0.1, 0.15) is 0 Å². The fraction of sp³-hybridized carbons (Fsp3) is 0.200.